The predicted molar refractivity (Wildman–Crippen MR) is 117 cm³/mol. The van der Waals surface area contributed by atoms with Gasteiger partial charge in [0.15, 0.2) is 6.61 Å². The molecule has 4 rings (SSSR count). The van der Waals surface area contributed by atoms with Gasteiger partial charge in [-0.25, -0.2) is 0 Å². The highest BCUT2D eigenvalue weighted by atomic mass is 32.1. The van der Waals surface area contributed by atoms with E-state index in [2.05, 4.69) is 15.0 Å². The highest BCUT2D eigenvalue weighted by Crippen LogP contribution is 2.21. The molecule has 3 aromatic rings. The van der Waals surface area contributed by atoms with Crippen molar-refractivity contribution in [3.8, 4) is 22.2 Å². The summed E-state index contributed by atoms with van der Waals surface area (Å²) in [7, 11) is 1.62. The van der Waals surface area contributed by atoms with E-state index in [-0.39, 0.29) is 12.5 Å². The molecule has 1 fully saturated rings. The van der Waals surface area contributed by atoms with Gasteiger partial charge in [0.2, 0.25) is 11.7 Å². The molecule has 1 aromatic carbocycles. The molecule has 0 unspecified atom stereocenters. The van der Waals surface area contributed by atoms with Gasteiger partial charge in [-0.3, -0.25) is 9.69 Å². The normalized spacial score (nSPS) is 14.5. The van der Waals surface area contributed by atoms with E-state index in [9.17, 15) is 4.79 Å². The molecule has 0 atom stereocenters. The van der Waals surface area contributed by atoms with E-state index in [1.54, 1.807) is 30.6 Å². The number of hydrogen-bond donors (Lipinski definition) is 0. The zero-order chi connectivity index (χ0) is 21.5. The Kier molecular flexibility index (Phi) is 7.16. The summed E-state index contributed by atoms with van der Waals surface area (Å²) in [6.45, 7) is 4.15. The van der Waals surface area contributed by atoms with Crippen molar-refractivity contribution in [3.05, 3.63) is 47.7 Å². The number of ether oxygens (including phenoxy) is 2. The maximum atomic E-state index is 12.4. The molecule has 3 heterocycles. The Balaban J connectivity index is 1.14. The third-order valence-electron chi connectivity index (χ3n) is 5.22. The minimum Gasteiger partial charge on any atom is -0.497 e. The predicted octanol–water partition coefficient (Wildman–Crippen LogP) is 2.96. The van der Waals surface area contributed by atoms with Gasteiger partial charge in [0.05, 0.1) is 12.0 Å². The molecular formula is C22H26N4O4S. The minimum atomic E-state index is 0.0161. The first-order valence-corrected chi connectivity index (χ1v) is 11.2. The van der Waals surface area contributed by atoms with Gasteiger partial charge >= 0.3 is 0 Å². The van der Waals surface area contributed by atoms with E-state index < -0.39 is 0 Å². The average molecular weight is 443 g/mol. The van der Waals surface area contributed by atoms with Crippen molar-refractivity contribution in [2.45, 2.75) is 12.8 Å². The van der Waals surface area contributed by atoms with Crippen molar-refractivity contribution >= 4 is 17.2 Å². The van der Waals surface area contributed by atoms with Crippen molar-refractivity contribution in [1.82, 2.24) is 19.9 Å². The van der Waals surface area contributed by atoms with Gasteiger partial charge in [0.1, 0.15) is 11.5 Å². The molecule has 1 amide bonds. The molecule has 0 N–H and O–H groups in total. The number of hydrogen-bond acceptors (Lipinski definition) is 8. The van der Waals surface area contributed by atoms with Crippen LogP contribution in [0.4, 0.5) is 0 Å². The number of piperazine rings is 1. The van der Waals surface area contributed by atoms with Gasteiger partial charge in [-0.05, 0) is 48.7 Å². The Bertz CT molecular complexity index is 950. The molecule has 1 aliphatic rings. The Labute approximate surface area is 185 Å². The summed E-state index contributed by atoms with van der Waals surface area (Å²) in [6, 6.07) is 11.2. The van der Waals surface area contributed by atoms with Gasteiger partial charge in [-0.1, -0.05) is 11.2 Å². The largest absolute Gasteiger partial charge is 0.497 e. The van der Waals surface area contributed by atoms with Crippen LogP contribution in [0.25, 0.3) is 10.7 Å². The van der Waals surface area contributed by atoms with Crippen molar-refractivity contribution in [2.24, 2.45) is 0 Å². The molecule has 2 aromatic heterocycles. The first-order valence-electron chi connectivity index (χ1n) is 10.3. The smallest absolute Gasteiger partial charge is 0.260 e. The van der Waals surface area contributed by atoms with Crippen LogP contribution >= 0.6 is 11.3 Å². The Hall–Kier alpha value is -2.91. The first kappa shape index (κ1) is 21.3. The molecule has 8 nitrogen and oxygen atoms in total. The van der Waals surface area contributed by atoms with Crippen LogP contribution in [-0.2, 0) is 11.2 Å². The van der Waals surface area contributed by atoms with Gasteiger partial charge in [-0.2, -0.15) is 4.98 Å². The van der Waals surface area contributed by atoms with Crippen molar-refractivity contribution in [3.63, 3.8) is 0 Å². The van der Waals surface area contributed by atoms with Crippen LogP contribution in [0, 0.1) is 0 Å². The minimum absolute atomic E-state index is 0.0161. The lowest BCUT2D eigenvalue weighted by molar-refractivity contribution is -0.135. The molecule has 1 saturated heterocycles. The lowest BCUT2D eigenvalue weighted by Crippen LogP contribution is -2.50. The fraction of sp³-hybridized carbons (Fsp3) is 0.409. The zero-order valence-corrected chi connectivity index (χ0v) is 18.3. The number of aromatic nitrogens is 2. The van der Waals surface area contributed by atoms with Crippen LogP contribution in [0.3, 0.4) is 0 Å². The van der Waals surface area contributed by atoms with Gasteiger partial charge in [-0.15, -0.1) is 11.3 Å². The Morgan fingerprint density at radius 1 is 1.13 bits per heavy atom. The average Bonchev–Trinajstić information content (AvgIpc) is 3.50. The topological polar surface area (TPSA) is 80.9 Å². The van der Waals surface area contributed by atoms with Crippen LogP contribution in [-0.4, -0.2) is 72.3 Å². The lowest BCUT2D eigenvalue weighted by Gasteiger charge is -2.34. The van der Waals surface area contributed by atoms with Gasteiger partial charge < -0.3 is 18.9 Å². The number of amides is 1. The van der Waals surface area contributed by atoms with Crippen LogP contribution < -0.4 is 9.47 Å². The van der Waals surface area contributed by atoms with Gasteiger partial charge in [0.25, 0.3) is 5.91 Å². The maximum absolute atomic E-state index is 12.4. The standard InChI is InChI=1S/C22H26N4O4S/c1-28-17-6-8-18(9-7-17)29-16-21(27)26-13-11-25(12-14-26)10-2-5-20-23-22(24-30-20)19-4-3-15-31-19/h3-4,6-9,15H,2,5,10-14,16H2,1H3. The molecule has 31 heavy (non-hydrogen) atoms. The summed E-state index contributed by atoms with van der Waals surface area (Å²) < 4.78 is 16.1. The monoisotopic (exact) mass is 442 g/mol. The molecule has 0 radical (unpaired) electrons. The lowest BCUT2D eigenvalue weighted by atomic mass is 10.2. The molecule has 0 saturated carbocycles. The summed E-state index contributed by atoms with van der Waals surface area (Å²) in [5.74, 6) is 2.78. The van der Waals surface area contributed by atoms with Gasteiger partial charge in [0, 0.05) is 32.6 Å². The highest BCUT2D eigenvalue weighted by Gasteiger charge is 2.21. The number of nitrogens with zero attached hydrogens (tertiary/aromatic N) is 4. The van der Waals surface area contributed by atoms with Crippen LogP contribution in [0.5, 0.6) is 11.5 Å². The molecule has 1 aliphatic heterocycles. The number of carbonyl (C=O) groups excluding carboxylic acids is 1. The molecule has 0 aliphatic carbocycles. The summed E-state index contributed by atoms with van der Waals surface area (Å²) in [4.78, 5) is 22.1. The van der Waals surface area contributed by atoms with E-state index in [0.29, 0.717) is 30.6 Å². The summed E-state index contributed by atoms with van der Waals surface area (Å²) in [5.41, 5.74) is 0. The van der Waals surface area contributed by atoms with E-state index in [4.69, 9.17) is 14.0 Å². The number of rotatable bonds is 9. The number of benzene rings is 1. The summed E-state index contributed by atoms with van der Waals surface area (Å²) in [6.07, 6.45) is 1.70. The van der Waals surface area contributed by atoms with Crippen LogP contribution in [0.15, 0.2) is 46.3 Å². The number of aryl methyl sites for hydroxylation is 1. The molecule has 0 bridgehead atoms. The first-order chi connectivity index (χ1) is 15.2. The Morgan fingerprint density at radius 3 is 2.61 bits per heavy atom. The third kappa shape index (κ3) is 5.83. The second kappa shape index (κ2) is 10.4. The van der Waals surface area contributed by atoms with E-state index in [1.165, 1.54) is 0 Å². The number of carbonyl (C=O) groups is 1. The second-order valence-electron chi connectivity index (χ2n) is 7.28. The number of thiophene rings is 1. The molecular weight excluding hydrogens is 416 g/mol. The summed E-state index contributed by atoms with van der Waals surface area (Å²) >= 11 is 1.60. The molecule has 0 spiro atoms. The van der Waals surface area contributed by atoms with Crippen molar-refractivity contribution in [2.75, 3.05) is 46.4 Å². The Morgan fingerprint density at radius 2 is 1.90 bits per heavy atom. The summed E-state index contributed by atoms with van der Waals surface area (Å²) in [5, 5.41) is 6.05. The fourth-order valence-electron chi connectivity index (χ4n) is 3.45. The third-order valence-corrected chi connectivity index (χ3v) is 6.09. The second-order valence-corrected chi connectivity index (χ2v) is 8.23. The van der Waals surface area contributed by atoms with Crippen molar-refractivity contribution in [1.29, 1.82) is 0 Å². The van der Waals surface area contributed by atoms with E-state index in [1.807, 2.05) is 34.5 Å². The zero-order valence-electron chi connectivity index (χ0n) is 17.5. The molecule has 164 valence electrons. The fourth-order valence-corrected chi connectivity index (χ4v) is 4.09. The van der Waals surface area contributed by atoms with Crippen molar-refractivity contribution < 1.29 is 18.8 Å². The van der Waals surface area contributed by atoms with Crippen LogP contribution in [0.2, 0.25) is 0 Å². The molecule has 9 heteroatoms. The van der Waals surface area contributed by atoms with Crippen LogP contribution in [0.1, 0.15) is 12.3 Å². The quantitative estimate of drug-likeness (QED) is 0.504. The number of methoxy groups -OCH3 is 1. The maximum Gasteiger partial charge on any atom is 0.260 e. The SMILES string of the molecule is COc1ccc(OCC(=O)N2CCN(CCCc3nc(-c4cccs4)no3)CC2)cc1. The van der Waals surface area contributed by atoms with E-state index in [0.717, 1.165) is 43.1 Å². The highest BCUT2D eigenvalue weighted by molar-refractivity contribution is 7.13. The van der Waals surface area contributed by atoms with E-state index >= 15 is 0 Å².